The molecule has 1 saturated carbocycles. The third-order valence-electron chi connectivity index (χ3n) is 4.36. The van der Waals surface area contributed by atoms with Gasteiger partial charge in [-0.15, -0.1) is 11.6 Å². The zero-order chi connectivity index (χ0) is 18.2. The fourth-order valence-electron chi connectivity index (χ4n) is 2.92. The highest BCUT2D eigenvalue weighted by molar-refractivity contribution is 6.21. The van der Waals surface area contributed by atoms with Gasteiger partial charge >= 0.3 is 0 Å². The number of amides is 2. The Hall–Kier alpha value is -1.18. The predicted octanol–water partition coefficient (Wildman–Crippen LogP) is 1.82. The molecule has 0 aromatic heterocycles. The summed E-state index contributed by atoms with van der Waals surface area (Å²) in [5, 5.41) is 4.92. The average molecular weight is 377 g/mol. The SMILES string of the molecule is C=C(CCNC(=O)C1CCCO1)NC(=O)COC1CCC(Cl)C(F)C1. The van der Waals surface area contributed by atoms with Crippen LogP contribution in [0.5, 0.6) is 0 Å². The predicted molar refractivity (Wildman–Crippen MR) is 92.0 cm³/mol. The molecule has 1 heterocycles. The molecule has 2 aliphatic rings. The van der Waals surface area contributed by atoms with Crippen molar-refractivity contribution in [2.24, 2.45) is 0 Å². The number of nitrogens with one attached hydrogen (secondary N) is 2. The fourth-order valence-corrected chi connectivity index (χ4v) is 3.15. The standard InChI is InChI=1S/C17H26ClFN2O4/c1-11(6-7-20-17(23)15-3-2-8-24-15)21-16(22)10-25-12-4-5-13(18)14(19)9-12/h12-15H,1-10H2,(H,20,23)(H,21,22). The van der Waals surface area contributed by atoms with Crippen LogP contribution in [0.25, 0.3) is 0 Å². The van der Waals surface area contributed by atoms with E-state index in [2.05, 4.69) is 17.2 Å². The maximum absolute atomic E-state index is 13.5. The van der Waals surface area contributed by atoms with Gasteiger partial charge in [0.2, 0.25) is 11.8 Å². The summed E-state index contributed by atoms with van der Waals surface area (Å²) in [6.07, 6.45) is 1.75. The first-order chi connectivity index (χ1) is 12.0. The number of hydrogen-bond acceptors (Lipinski definition) is 4. The van der Waals surface area contributed by atoms with Crippen molar-refractivity contribution >= 4 is 23.4 Å². The molecular weight excluding hydrogens is 351 g/mol. The van der Waals surface area contributed by atoms with Crippen LogP contribution in [0.15, 0.2) is 12.3 Å². The summed E-state index contributed by atoms with van der Waals surface area (Å²) in [5.74, 6) is -0.463. The second kappa shape index (κ2) is 10.1. The third kappa shape index (κ3) is 6.92. The lowest BCUT2D eigenvalue weighted by molar-refractivity contribution is -0.130. The van der Waals surface area contributed by atoms with Crippen molar-refractivity contribution in [1.29, 1.82) is 0 Å². The van der Waals surface area contributed by atoms with Crippen LogP contribution in [0.2, 0.25) is 0 Å². The second-order valence-electron chi connectivity index (χ2n) is 6.47. The van der Waals surface area contributed by atoms with Crippen LogP contribution in [-0.2, 0) is 19.1 Å². The zero-order valence-electron chi connectivity index (χ0n) is 14.3. The number of carbonyl (C=O) groups excluding carboxylic acids is 2. The quantitative estimate of drug-likeness (QED) is 0.633. The molecule has 2 amide bonds. The van der Waals surface area contributed by atoms with Crippen molar-refractivity contribution < 1.29 is 23.5 Å². The topological polar surface area (TPSA) is 76.7 Å². The Morgan fingerprint density at radius 2 is 2.12 bits per heavy atom. The van der Waals surface area contributed by atoms with Gasteiger partial charge in [0.1, 0.15) is 18.9 Å². The van der Waals surface area contributed by atoms with E-state index in [0.717, 1.165) is 12.8 Å². The van der Waals surface area contributed by atoms with Gasteiger partial charge < -0.3 is 20.1 Å². The van der Waals surface area contributed by atoms with Crippen molar-refractivity contribution in [1.82, 2.24) is 10.6 Å². The van der Waals surface area contributed by atoms with E-state index in [9.17, 15) is 14.0 Å². The highest BCUT2D eigenvalue weighted by atomic mass is 35.5. The van der Waals surface area contributed by atoms with Crippen molar-refractivity contribution in [3.63, 3.8) is 0 Å². The van der Waals surface area contributed by atoms with Crippen molar-refractivity contribution in [2.45, 2.75) is 62.3 Å². The molecule has 142 valence electrons. The van der Waals surface area contributed by atoms with Gasteiger partial charge in [-0.25, -0.2) is 4.39 Å². The smallest absolute Gasteiger partial charge is 0.250 e. The van der Waals surface area contributed by atoms with Crippen molar-refractivity contribution in [3.8, 4) is 0 Å². The van der Waals surface area contributed by atoms with E-state index in [-0.39, 0.29) is 37.0 Å². The first-order valence-corrected chi connectivity index (χ1v) is 9.16. The Labute approximate surface area is 152 Å². The van der Waals surface area contributed by atoms with Gasteiger partial charge in [0, 0.05) is 31.7 Å². The lowest BCUT2D eigenvalue weighted by Crippen LogP contribution is -2.36. The Kier molecular flexibility index (Phi) is 8.12. The van der Waals surface area contributed by atoms with E-state index < -0.39 is 11.5 Å². The monoisotopic (exact) mass is 376 g/mol. The van der Waals surface area contributed by atoms with Crippen LogP contribution in [-0.4, -0.2) is 55.3 Å². The molecule has 0 spiro atoms. The third-order valence-corrected chi connectivity index (χ3v) is 4.85. The number of hydrogen-bond donors (Lipinski definition) is 2. The molecule has 4 unspecified atom stereocenters. The molecule has 6 nitrogen and oxygen atoms in total. The molecule has 0 radical (unpaired) electrons. The Morgan fingerprint density at radius 3 is 2.80 bits per heavy atom. The summed E-state index contributed by atoms with van der Waals surface area (Å²) in [7, 11) is 0. The number of halogens is 2. The minimum atomic E-state index is -1.09. The Morgan fingerprint density at radius 1 is 1.32 bits per heavy atom. The number of alkyl halides is 2. The van der Waals surface area contributed by atoms with E-state index in [1.165, 1.54) is 0 Å². The summed E-state index contributed by atoms with van der Waals surface area (Å²) >= 11 is 5.82. The van der Waals surface area contributed by atoms with Gasteiger partial charge in [-0.3, -0.25) is 9.59 Å². The van der Waals surface area contributed by atoms with Crippen LogP contribution in [0.4, 0.5) is 4.39 Å². The van der Waals surface area contributed by atoms with Gasteiger partial charge in [0.05, 0.1) is 11.5 Å². The molecular formula is C17H26ClFN2O4. The lowest BCUT2D eigenvalue weighted by Gasteiger charge is -2.28. The minimum Gasteiger partial charge on any atom is -0.368 e. The number of carbonyl (C=O) groups is 2. The minimum absolute atomic E-state index is 0.129. The Balaban J connectivity index is 1.55. The van der Waals surface area contributed by atoms with Gasteiger partial charge in [0.15, 0.2) is 0 Å². The molecule has 1 aliphatic heterocycles. The molecule has 8 heteroatoms. The largest absolute Gasteiger partial charge is 0.368 e. The molecule has 1 saturated heterocycles. The normalized spacial score (nSPS) is 29.2. The number of rotatable bonds is 8. The summed E-state index contributed by atoms with van der Waals surface area (Å²) in [6.45, 7) is 4.61. The summed E-state index contributed by atoms with van der Waals surface area (Å²) in [5.41, 5.74) is 0.495. The van der Waals surface area contributed by atoms with Crippen molar-refractivity contribution in [2.75, 3.05) is 19.8 Å². The van der Waals surface area contributed by atoms with E-state index >= 15 is 0 Å². The molecule has 0 aromatic carbocycles. The zero-order valence-corrected chi connectivity index (χ0v) is 15.0. The summed E-state index contributed by atoms with van der Waals surface area (Å²) in [6, 6.07) is 0. The van der Waals surface area contributed by atoms with Crippen LogP contribution in [0.1, 0.15) is 38.5 Å². The molecule has 0 bridgehead atoms. The fraction of sp³-hybridized carbons (Fsp3) is 0.765. The highest BCUT2D eigenvalue weighted by Crippen LogP contribution is 2.27. The lowest BCUT2D eigenvalue weighted by atomic mass is 9.95. The van der Waals surface area contributed by atoms with Gasteiger partial charge in [-0.05, 0) is 25.7 Å². The van der Waals surface area contributed by atoms with E-state index in [1.54, 1.807) is 0 Å². The molecule has 2 rings (SSSR count). The average Bonchev–Trinajstić information content (AvgIpc) is 3.10. The van der Waals surface area contributed by atoms with Gasteiger partial charge in [0.25, 0.3) is 0 Å². The van der Waals surface area contributed by atoms with Crippen LogP contribution >= 0.6 is 11.6 Å². The first kappa shape index (κ1) is 20.1. The number of ether oxygens (including phenoxy) is 2. The van der Waals surface area contributed by atoms with Gasteiger partial charge in [-0.1, -0.05) is 6.58 Å². The molecule has 1 aliphatic carbocycles. The molecule has 2 N–H and O–H groups in total. The summed E-state index contributed by atoms with van der Waals surface area (Å²) < 4.78 is 24.2. The van der Waals surface area contributed by atoms with Gasteiger partial charge in [-0.2, -0.15) is 0 Å². The van der Waals surface area contributed by atoms with Crippen LogP contribution < -0.4 is 10.6 Å². The van der Waals surface area contributed by atoms with Crippen molar-refractivity contribution in [3.05, 3.63) is 12.3 Å². The molecule has 2 fully saturated rings. The summed E-state index contributed by atoms with van der Waals surface area (Å²) in [4.78, 5) is 23.6. The van der Waals surface area contributed by atoms with Crippen LogP contribution in [0, 0.1) is 0 Å². The maximum atomic E-state index is 13.5. The first-order valence-electron chi connectivity index (χ1n) is 8.72. The molecule has 25 heavy (non-hydrogen) atoms. The highest BCUT2D eigenvalue weighted by Gasteiger charge is 2.29. The maximum Gasteiger partial charge on any atom is 0.250 e. The van der Waals surface area contributed by atoms with Crippen LogP contribution in [0.3, 0.4) is 0 Å². The second-order valence-corrected chi connectivity index (χ2v) is 7.03. The van der Waals surface area contributed by atoms with E-state index in [0.29, 0.717) is 38.1 Å². The molecule has 0 aromatic rings. The Bertz CT molecular complexity index is 485. The molecule has 4 atom stereocenters. The van der Waals surface area contributed by atoms with E-state index in [4.69, 9.17) is 21.1 Å². The van der Waals surface area contributed by atoms with E-state index in [1.807, 2.05) is 0 Å².